The van der Waals surface area contributed by atoms with E-state index in [4.69, 9.17) is 0 Å². The molecule has 1 saturated heterocycles. The first-order valence-electron chi connectivity index (χ1n) is 8.21. The van der Waals surface area contributed by atoms with E-state index in [2.05, 4.69) is 15.1 Å². The molecule has 3 heterocycles. The molecule has 0 radical (unpaired) electrons. The first-order chi connectivity index (χ1) is 10.8. The number of aromatic nitrogens is 2. The van der Waals surface area contributed by atoms with Gasteiger partial charge in [-0.05, 0) is 37.7 Å². The molecular weight excluding hydrogens is 306 g/mol. The number of likely N-dealkylation sites (tertiary alicyclic amines) is 1. The highest BCUT2D eigenvalue weighted by Gasteiger charge is 2.36. The molecule has 2 atom stereocenters. The second-order valence-corrected chi connectivity index (χ2v) is 7.35. The summed E-state index contributed by atoms with van der Waals surface area (Å²) in [5.74, 6) is 0.959. The molecule has 2 fully saturated rings. The Morgan fingerprint density at radius 3 is 2.91 bits per heavy atom. The van der Waals surface area contributed by atoms with Crippen molar-refractivity contribution in [2.45, 2.75) is 52.0 Å². The maximum absolute atomic E-state index is 12.9. The Morgan fingerprint density at radius 2 is 2.09 bits per heavy atom. The van der Waals surface area contributed by atoms with Gasteiger partial charge < -0.3 is 4.90 Å². The van der Waals surface area contributed by atoms with Crippen LogP contribution in [0, 0.1) is 5.92 Å². The van der Waals surface area contributed by atoms with Gasteiger partial charge in [0.05, 0.1) is 11.8 Å². The summed E-state index contributed by atoms with van der Waals surface area (Å²) in [5.41, 5.74) is 1.89. The zero-order chi connectivity index (χ0) is 14.9. The molecule has 1 aliphatic heterocycles. The van der Waals surface area contributed by atoms with E-state index in [0.717, 1.165) is 34.9 Å². The van der Waals surface area contributed by atoms with Crippen LogP contribution in [0.3, 0.4) is 0 Å². The van der Waals surface area contributed by atoms with Gasteiger partial charge in [0, 0.05) is 34.6 Å². The van der Waals surface area contributed by atoms with Crippen molar-refractivity contribution >= 4 is 17.2 Å². The summed E-state index contributed by atoms with van der Waals surface area (Å²) in [5, 5.41) is 8.81. The molecule has 0 aromatic carbocycles. The van der Waals surface area contributed by atoms with Crippen molar-refractivity contribution in [3.05, 3.63) is 29.4 Å². The van der Waals surface area contributed by atoms with Gasteiger partial charge in [-0.2, -0.15) is 5.10 Å². The summed E-state index contributed by atoms with van der Waals surface area (Å²) in [6.45, 7) is 0.927. The van der Waals surface area contributed by atoms with Crippen molar-refractivity contribution in [2.75, 3.05) is 6.54 Å². The lowest BCUT2D eigenvalue weighted by atomic mass is 9.78. The van der Waals surface area contributed by atoms with Crippen molar-refractivity contribution in [3.63, 3.8) is 0 Å². The highest BCUT2D eigenvalue weighted by molar-refractivity contribution is 7.13. The van der Waals surface area contributed by atoms with Gasteiger partial charge in [-0.15, -0.1) is 11.3 Å². The molecule has 4 rings (SSSR count). The number of nitrogens with one attached hydrogen (secondary N) is 1. The number of carbonyl (C=O) groups is 1. The molecule has 0 bridgehead atoms. The number of amides is 1. The second kappa shape index (κ2) is 6.87. The smallest absolute Gasteiger partial charge is 0.254 e. The Hall–Kier alpha value is -1.62. The van der Waals surface area contributed by atoms with E-state index in [1.54, 1.807) is 17.5 Å². The minimum Gasteiger partial charge on any atom is -0.335 e. The molecule has 23 heavy (non-hydrogen) atoms. The quantitative estimate of drug-likeness (QED) is 0.876. The zero-order valence-corrected chi connectivity index (χ0v) is 13.4. The molecule has 124 valence electrons. The topological polar surface area (TPSA) is 49.0 Å². The Bertz CT molecular complexity index is 647. The van der Waals surface area contributed by atoms with Crippen LogP contribution in [0.15, 0.2) is 23.8 Å². The van der Waals surface area contributed by atoms with Gasteiger partial charge in [-0.25, -0.2) is 0 Å². The van der Waals surface area contributed by atoms with Crippen LogP contribution in [-0.4, -0.2) is 33.6 Å². The molecule has 5 heteroatoms. The van der Waals surface area contributed by atoms with Crippen LogP contribution in [0.1, 0.15) is 56.3 Å². The number of thiophene rings is 1. The van der Waals surface area contributed by atoms with Crippen LogP contribution in [0.5, 0.6) is 0 Å². The van der Waals surface area contributed by atoms with E-state index in [0.29, 0.717) is 6.04 Å². The van der Waals surface area contributed by atoms with E-state index in [1.165, 1.54) is 32.1 Å². The second-order valence-electron chi connectivity index (χ2n) is 6.44. The zero-order valence-electron chi connectivity index (χ0n) is 12.6. The molecule has 1 N–H and O–H groups in total. The number of fused-ring (bicyclic) bond motifs is 1. The van der Waals surface area contributed by atoms with Crippen LogP contribution < -0.4 is 0 Å². The fourth-order valence-corrected chi connectivity index (χ4v) is 4.89. The number of H-pyrrole nitrogens is 1. The molecule has 1 amide bonds. The lowest BCUT2D eigenvalue weighted by Gasteiger charge is -2.44. The summed E-state index contributed by atoms with van der Waals surface area (Å²) in [6, 6.07) is 2.50. The summed E-state index contributed by atoms with van der Waals surface area (Å²) in [7, 11) is 0. The highest BCUT2D eigenvalue weighted by atomic mass is 32.1. The SMILES string of the molecule is C.O=C(c1csc(-c2cn[nH]c2)c1)N1CCCC2CCCCC21. The van der Waals surface area contributed by atoms with Crippen LogP contribution in [0.2, 0.25) is 0 Å². The van der Waals surface area contributed by atoms with Crippen LogP contribution in [0.4, 0.5) is 0 Å². The van der Waals surface area contributed by atoms with Gasteiger partial charge in [0.25, 0.3) is 5.91 Å². The number of hydrogen-bond acceptors (Lipinski definition) is 3. The van der Waals surface area contributed by atoms with Gasteiger partial charge in [-0.3, -0.25) is 9.89 Å². The minimum atomic E-state index is 0. The van der Waals surface area contributed by atoms with Crippen molar-refractivity contribution in [1.29, 1.82) is 0 Å². The predicted octanol–water partition coefficient (Wildman–Crippen LogP) is 4.57. The largest absolute Gasteiger partial charge is 0.335 e. The number of hydrogen-bond donors (Lipinski definition) is 1. The monoisotopic (exact) mass is 331 g/mol. The lowest BCUT2D eigenvalue weighted by molar-refractivity contribution is 0.0391. The molecule has 4 nitrogen and oxygen atoms in total. The number of piperidine rings is 1. The summed E-state index contributed by atoms with van der Waals surface area (Å²) in [6.07, 6.45) is 11.2. The normalized spacial score (nSPS) is 23.9. The average molecular weight is 331 g/mol. The fourth-order valence-electron chi connectivity index (χ4n) is 4.03. The van der Waals surface area contributed by atoms with Crippen molar-refractivity contribution in [2.24, 2.45) is 5.92 Å². The van der Waals surface area contributed by atoms with Gasteiger partial charge >= 0.3 is 0 Å². The van der Waals surface area contributed by atoms with E-state index in [9.17, 15) is 4.79 Å². The number of aromatic amines is 1. The van der Waals surface area contributed by atoms with Crippen LogP contribution in [0.25, 0.3) is 10.4 Å². The number of nitrogens with zero attached hydrogens (tertiary/aromatic N) is 2. The Balaban J connectivity index is 0.00000156. The molecule has 2 aliphatic rings. The first-order valence-corrected chi connectivity index (χ1v) is 9.09. The molecule has 2 unspecified atom stereocenters. The Morgan fingerprint density at radius 1 is 1.26 bits per heavy atom. The summed E-state index contributed by atoms with van der Waals surface area (Å²) >= 11 is 1.62. The average Bonchev–Trinajstić information content (AvgIpc) is 3.24. The third-order valence-corrected chi connectivity index (χ3v) is 6.11. The standard InChI is InChI=1S/C17H21N3OS.CH4/c21-17(13-8-16(22-11-13)14-9-18-19-10-14)20-7-3-5-12-4-1-2-6-15(12)20;/h8-12,15H,1-7H2,(H,18,19);1H4. The van der Waals surface area contributed by atoms with E-state index >= 15 is 0 Å². The lowest BCUT2D eigenvalue weighted by Crippen LogP contribution is -2.49. The third-order valence-electron chi connectivity index (χ3n) is 5.13. The molecule has 1 aliphatic carbocycles. The van der Waals surface area contributed by atoms with E-state index in [-0.39, 0.29) is 13.3 Å². The van der Waals surface area contributed by atoms with Crippen molar-refractivity contribution in [3.8, 4) is 10.4 Å². The molecule has 1 saturated carbocycles. The first kappa shape index (κ1) is 16.2. The van der Waals surface area contributed by atoms with Gasteiger partial charge in [0.15, 0.2) is 0 Å². The Labute approximate surface area is 141 Å². The maximum Gasteiger partial charge on any atom is 0.254 e. The van der Waals surface area contributed by atoms with Crippen molar-refractivity contribution < 1.29 is 4.79 Å². The van der Waals surface area contributed by atoms with Gasteiger partial charge in [0.2, 0.25) is 0 Å². The highest BCUT2D eigenvalue weighted by Crippen LogP contribution is 2.36. The van der Waals surface area contributed by atoms with E-state index in [1.807, 2.05) is 17.6 Å². The summed E-state index contributed by atoms with van der Waals surface area (Å²) in [4.78, 5) is 16.2. The van der Waals surface area contributed by atoms with Crippen LogP contribution >= 0.6 is 11.3 Å². The van der Waals surface area contributed by atoms with Gasteiger partial charge in [-0.1, -0.05) is 20.3 Å². The Kier molecular flexibility index (Phi) is 4.85. The van der Waals surface area contributed by atoms with Crippen LogP contribution in [-0.2, 0) is 0 Å². The minimum absolute atomic E-state index is 0. The predicted molar refractivity (Wildman–Crippen MR) is 94.6 cm³/mol. The number of carbonyl (C=O) groups excluding carboxylic acids is 1. The molecule has 2 aromatic rings. The van der Waals surface area contributed by atoms with Crippen molar-refractivity contribution in [1.82, 2.24) is 15.1 Å². The number of rotatable bonds is 2. The van der Waals surface area contributed by atoms with E-state index < -0.39 is 0 Å². The molecule has 0 spiro atoms. The fraction of sp³-hybridized carbons (Fsp3) is 0.556. The third kappa shape index (κ3) is 3.07. The maximum atomic E-state index is 12.9. The molecular formula is C18H25N3OS. The van der Waals surface area contributed by atoms with Gasteiger partial charge in [0.1, 0.15) is 0 Å². The molecule has 2 aromatic heterocycles. The summed E-state index contributed by atoms with van der Waals surface area (Å²) < 4.78 is 0.